The maximum absolute atomic E-state index is 8.90. The number of aliphatic hydroxyl groups is 1. The van der Waals surface area contributed by atoms with Crippen LogP contribution in [-0.2, 0) is 11.3 Å². The first kappa shape index (κ1) is 12.7. The van der Waals surface area contributed by atoms with Crippen molar-refractivity contribution in [2.45, 2.75) is 6.54 Å². The minimum atomic E-state index is 0.0928. The molecule has 1 heterocycles. The highest BCUT2D eigenvalue weighted by Crippen LogP contribution is 2.09. The number of nitriles is 1. The molecule has 0 fully saturated rings. The van der Waals surface area contributed by atoms with Crippen LogP contribution in [0.2, 0.25) is 0 Å². The fraction of sp³-hybridized carbons (Fsp3) is 0.545. The van der Waals surface area contributed by atoms with Crippen LogP contribution in [0.15, 0.2) is 16.5 Å². The Morgan fingerprint density at radius 3 is 2.88 bits per heavy atom. The highest BCUT2D eigenvalue weighted by Gasteiger charge is 2.08. The smallest absolute Gasteiger partial charge is 0.203 e. The molecule has 0 aliphatic heterocycles. The Morgan fingerprint density at radius 2 is 2.31 bits per heavy atom. The van der Waals surface area contributed by atoms with Gasteiger partial charge in [-0.3, -0.25) is 4.90 Å². The van der Waals surface area contributed by atoms with E-state index in [0.29, 0.717) is 25.5 Å². The minimum Gasteiger partial charge on any atom is -0.449 e. The molecule has 0 radical (unpaired) electrons. The summed E-state index contributed by atoms with van der Waals surface area (Å²) in [5.74, 6) is 1.03. The van der Waals surface area contributed by atoms with E-state index in [1.165, 1.54) is 0 Å². The monoisotopic (exact) mass is 224 g/mol. The lowest BCUT2D eigenvalue weighted by atomic mass is 10.4. The number of ether oxygens (including phenoxy) is 1. The van der Waals surface area contributed by atoms with Gasteiger partial charge in [0.25, 0.3) is 0 Å². The molecule has 1 aromatic heterocycles. The van der Waals surface area contributed by atoms with E-state index in [9.17, 15) is 0 Å². The number of aliphatic hydroxyl groups excluding tert-OH is 1. The molecule has 0 amide bonds. The Bertz CT molecular complexity index is 343. The van der Waals surface area contributed by atoms with Crippen molar-refractivity contribution in [1.29, 1.82) is 5.26 Å². The fourth-order valence-corrected chi connectivity index (χ4v) is 1.38. The van der Waals surface area contributed by atoms with Crippen molar-refractivity contribution < 1.29 is 14.3 Å². The maximum atomic E-state index is 8.90. The van der Waals surface area contributed by atoms with E-state index in [4.69, 9.17) is 19.5 Å². The highest BCUT2D eigenvalue weighted by molar-refractivity contribution is 5.18. The van der Waals surface area contributed by atoms with E-state index in [0.717, 1.165) is 12.3 Å². The predicted octanol–water partition coefficient (Wildman–Crippen LogP) is 0.592. The molecule has 5 heteroatoms. The molecule has 0 aromatic carbocycles. The Balaban J connectivity index is 2.50. The average Bonchev–Trinajstić information content (AvgIpc) is 2.74. The molecular formula is C11H16N2O3. The zero-order valence-electron chi connectivity index (χ0n) is 9.35. The third kappa shape index (κ3) is 4.03. The molecular weight excluding hydrogens is 208 g/mol. The van der Waals surface area contributed by atoms with E-state index in [2.05, 4.69) is 0 Å². The van der Waals surface area contributed by atoms with Gasteiger partial charge in [0.15, 0.2) is 0 Å². The van der Waals surface area contributed by atoms with Crippen LogP contribution in [0.25, 0.3) is 0 Å². The zero-order chi connectivity index (χ0) is 11.8. The summed E-state index contributed by atoms with van der Waals surface area (Å²) < 4.78 is 10.2. The molecule has 5 nitrogen and oxygen atoms in total. The van der Waals surface area contributed by atoms with Crippen LogP contribution in [0.5, 0.6) is 0 Å². The summed E-state index contributed by atoms with van der Waals surface area (Å²) in [6, 6.07) is 5.35. The van der Waals surface area contributed by atoms with E-state index in [1.807, 2.05) is 11.0 Å². The first-order valence-electron chi connectivity index (χ1n) is 5.11. The van der Waals surface area contributed by atoms with E-state index >= 15 is 0 Å². The molecule has 1 N–H and O–H groups in total. The van der Waals surface area contributed by atoms with Crippen molar-refractivity contribution in [2.75, 3.05) is 33.4 Å². The van der Waals surface area contributed by atoms with Gasteiger partial charge in [-0.2, -0.15) is 5.26 Å². The van der Waals surface area contributed by atoms with Crippen LogP contribution in [0.4, 0.5) is 0 Å². The molecule has 0 bridgehead atoms. The quantitative estimate of drug-likeness (QED) is 0.734. The molecule has 0 saturated heterocycles. The molecule has 0 aliphatic rings. The largest absolute Gasteiger partial charge is 0.449 e. The first-order chi connectivity index (χ1) is 7.80. The van der Waals surface area contributed by atoms with Crippen molar-refractivity contribution in [1.82, 2.24) is 4.90 Å². The number of hydrogen-bond donors (Lipinski definition) is 1. The Morgan fingerprint density at radius 1 is 1.50 bits per heavy atom. The number of methoxy groups -OCH3 is 1. The molecule has 0 saturated carbocycles. The number of hydrogen-bond acceptors (Lipinski definition) is 5. The van der Waals surface area contributed by atoms with Gasteiger partial charge in [-0.1, -0.05) is 0 Å². The number of nitrogens with zero attached hydrogens (tertiary/aromatic N) is 2. The number of furan rings is 1. The Labute approximate surface area is 94.8 Å². The zero-order valence-corrected chi connectivity index (χ0v) is 9.35. The molecule has 88 valence electrons. The summed E-state index contributed by atoms with van der Waals surface area (Å²) in [6.45, 7) is 2.55. The predicted molar refractivity (Wildman–Crippen MR) is 57.7 cm³/mol. The Kier molecular flexibility index (Phi) is 5.57. The van der Waals surface area contributed by atoms with Crippen LogP contribution >= 0.6 is 0 Å². The standard InChI is InChI=1S/C11H16N2O3/c1-15-7-5-13(4-6-14)9-11-3-2-10(8-12)16-11/h2-3,14H,4-7,9H2,1H3. The molecule has 16 heavy (non-hydrogen) atoms. The van der Waals surface area contributed by atoms with Crippen molar-refractivity contribution in [3.63, 3.8) is 0 Å². The van der Waals surface area contributed by atoms with Gasteiger partial charge in [0.1, 0.15) is 11.8 Å². The number of rotatable bonds is 7. The minimum absolute atomic E-state index is 0.0928. The third-order valence-corrected chi connectivity index (χ3v) is 2.18. The molecule has 1 aromatic rings. The van der Waals surface area contributed by atoms with Crippen LogP contribution < -0.4 is 0 Å². The normalized spacial score (nSPS) is 10.6. The first-order valence-corrected chi connectivity index (χ1v) is 5.11. The van der Waals surface area contributed by atoms with Crippen LogP contribution in [0.3, 0.4) is 0 Å². The molecule has 0 atom stereocenters. The summed E-state index contributed by atoms with van der Waals surface area (Å²) in [4.78, 5) is 2.00. The molecule has 0 spiro atoms. The summed E-state index contributed by atoms with van der Waals surface area (Å²) in [5.41, 5.74) is 0. The third-order valence-electron chi connectivity index (χ3n) is 2.18. The maximum Gasteiger partial charge on any atom is 0.203 e. The van der Waals surface area contributed by atoms with Gasteiger partial charge in [0, 0.05) is 20.2 Å². The van der Waals surface area contributed by atoms with Gasteiger partial charge in [-0.05, 0) is 12.1 Å². The van der Waals surface area contributed by atoms with Gasteiger partial charge in [0.2, 0.25) is 5.76 Å². The van der Waals surface area contributed by atoms with Gasteiger partial charge in [0.05, 0.1) is 19.8 Å². The van der Waals surface area contributed by atoms with E-state index < -0.39 is 0 Å². The highest BCUT2D eigenvalue weighted by atomic mass is 16.5. The second-order valence-electron chi connectivity index (χ2n) is 3.37. The average molecular weight is 224 g/mol. The van der Waals surface area contributed by atoms with Crippen molar-refractivity contribution in [2.24, 2.45) is 0 Å². The molecule has 1 rings (SSSR count). The second kappa shape index (κ2) is 7.01. The van der Waals surface area contributed by atoms with Gasteiger partial charge in [-0.15, -0.1) is 0 Å². The van der Waals surface area contributed by atoms with Gasteiger partial charge < -0.3 is 14.3 Å². The summed E-state index contributed by atoms with van der Waals surface area (Å²) in [5, 5.41) is 17.5. The summed E-state index contributed by atoms with van der Waals surface area (Å²) in [7, 11) is 1.64. The topological polar surface area (TPSA) is 69.6 Å². The van der Waals surface area contributed by atoms with Crippen LogP contribution in [-0.4, -0.2) is 43.4 Å². The summed E-state index contributed by atoms with van der Waals surface area (Å²) in [6.07, 6.45) is 0. The Hall–Kier alpha value is -1.35. The van der Waals surface area contributed by atoms with Crippen LogP contribution in [0.1, 0.15) is 11.5 Å². The second-order valence-corrected chi connectivity index (χ2v) is 3.37. The van der Waals surface area contributed by atoms with Crippen molar-refractivity contribution in [3.8, 4) is 6.07 Å². The summed E-state index contributed by atoms with van der Waals surface area (Å²) >= 11 is 0. The van der Waals surface area contributed by atoms with Gasteiger partial charge >= 0.3 is 0 Å². The molecule has 0 aliphatic carbocycles. The van der Waals surface area contributed by atoms with Gasteiger partial charge in [-0.25, -0.2) is 0 Å². The van der Waals surface area contributed by atoms with Crippen molar-refractivity contribution >= 4 is 0 Å². The lowest BCUT2D eigenvalue weighted by Gasteiger charge is -2.19. The van der Waals surface area contributed by atoms with Crippen LogP contribution in [0, 0.1) is 11.3 Å². The fourth-order valence-electron chi connectivity index (χ4n) is 1.38. The SMILES string of the molecule is COCCN(CCO)Cc1ccc(C#N)o1. The van der Waals surface area contributed by atoms with Crippen molar-refractivity contribution in [3.05, 3.63) is 23.7 Å². The lowest BCUT2D eigenvalue weighted by molar-refractivity contribution is 0.122. The molecule has 0 unspecified atom stereocenters. The lowest BCUT2D eigenvalue weighted by Crippen LogP contribution is -2.29. The van der Waals surface area contributed by atoms with E-state index in [1.54, 1.807) is 19.2 Å². The van der Waals surface area contributed by atoms with E-state index in [-0.39, 0.29) is 6.61 Å².